The first kappa shape index (κ1) is 21.3. The first-order valence-electron chi connectivity index (χ1n) is 9.30. The first-order chi connectivity index (χ1) is 13.5. The molecule has 0 aliphatic carbocycles. The van der Waals surface area contributed by atoms with Gasteiger partial charge in [-0.25, -0.2) is 9.59 Å². The minimum atomic E-state index is -0.556. The summed E-state index contributed by atoms with van der Waals surface area (Å²) >= 11 is 0. The predicted molar refractivity (Wildman–Crippen MR) is 102 cm³/mol. The number of amides is 2. The van der Waals surface area contributed by atoms with E-state index in [1.54, 1.807) is 13.8 Å². The third-order valence-electron chi connectivity index (χ3n) is 4.11. The molecular weight excluding hydrogens is 364 g/mol. The van der Waals surface area contributed by atoms with Crippen LogP contribution in [0, 0.1) is 0 Å². The Morgan fingerprint density at radius 2 is 1.86 bits per heavy atom. The van der Waals surface area contributed by atoms with Gasteiger partial charge in [-0.2, -0.15) is 0 Å². The van der Waals surface area contributed by atoms with Crippen LogP contribution in [0.4, 0.5) is 4.79 Å². The van der Waals surface area contributed by atoms with Crippen LogP contribution in [-0.4, -0.2) is 43.8 Å². The summed E-state index contributed by atoms with van der Waals surface area (Å²) in [4.78, 5) is 36.0. The van der Waals surface area contributed by atoms with Gasteiger partial charge in [0.25, 0.3) is 0 Å². The van der Waals surface area contributed by atoms with Gasteiger partial charge in [0.05, 0.1) is 30.5 Å². The van der Waals surface area contributed by atoms with Gasteiger partial charge in [-0.1, -0.05) is 18.2 Å². The topological polar surface area (TPSA) is 103 Å². The van der Waals surface area contributed by atoms with Crippen LogP contribution in [0.1, 0.15) is 32.8 Å². The summed E-state index contributed by atoms with van der Waals surface area (Å²) in [6, 6.07) is 6.50. The Hall–Kier alpha value is -3.03. The molecular formula is C20H26N2O6. The van der Waals surface area contributed by atoms with E-state index in [9.17, 15) is 14.4 Å². The zero-order valence-corrected chi connectivity index (χ0v) is 16.4. The Kier molecular flexibility index (Phi) is 7.86. The van der Waals surface area contributed by atoms with Gasteiger partial charge in [0.2, 0.25) is 0 Å². The van der Waals surface area contributed by atoms with E-state index in [0.29, 0.717) is 13.0 Å². The molecule has 1 atom stereocenters. The second-order valence-corrected chi connectivity index (χ2v) is 6.13. The number of rotatable bonds is 9. The molecule has 0 fully saturated rings. The largest absolute Gasteiger partial charge is 0.494 e. The van der Waals surface area contributed by atoms with Crippen LogP contribution in [0.5, 0.6) is 5.75 Å². The number of hydrogen-bond donors (Lipinski definition) is 2. The van der Waals surface area contributed by atoms with E-state index in [0.717, 1.165) is 11.3 Å². The number of carbonyl (C=O) groups excluding carboxylic acids is 3. The minimum Gasteiger partial charge on any atom is -0.494 e. The van der Waals surface area contributed by atoms with Crippen LogP contribution in [0.3, 0.4) is 0 Å². The Morgan fingerprint density at radius 1 is 1.11 bits per heavy atom. The predicted octanol–water partition coefficient (Wildman–Crippen LogP) is 2.08. The number of esters is 2. The van der Waals surface area contributed by atoms with Crippen LogP contribution in [0.15, 0.2) is 35.5 Å². The number of ether oxygens (including phenoxy) is 3. The molecule has 8 heteroatoms. The van der Waals surface area contributed by atoms with Gasteiger partial charge in [-0.15, -0.1) is 0 Å². The number of nitrogens with one attached hydrogen (secondary N) is 2. The second kappa shape index (κ2) is 10.3. The summed E-state index contributed by atoms with van der Waals surface area (Å²) in [6.07, 6.45) is 0.608. The highest BCUT2D eigenvalue weighted by atomic mass is 16.5. The molecule has 2 rings (SSSR count). The average Bonchev–Trinajstić information content (AvgIpc) is 2.65. The number of aryl methyl sites for hydroxylation is 1. The number of benzene rings is 1. The molecule has 0 bridgehead atoms. The van der Waals surface area contributed by atoms with Crippen molar-refractivity contribution in [2.75, 3.05) is 19.8 Å². The zero-order valence-electron chi connectivity index (χ0n) is 16.4. The molecule has 0 unspecified atom stereocenters. The van der Waals surface area contributed by atoms with E-state index >= 15 is 0 Å². The van der Waals surface area contributed by atoms with E-state index in [2.05, 4.69) is 10.6 Å². The van der Waals surface area contributed by atoms with Gasteiger partial charge in [-0.05, 0) is 38.8 Å². The van der Waals surface area contributed by atoms with Crippen molar-refractivity contribution in [1.29, 1.82) is 0 Å². The van der Waals surface area contributed by atoms with Crippen molar-refractivity contribution in [3.63, 3.8) is 0 Å². The number of carbonyl (C=O) groups is 3. The van der Waals surface area contributed by atoms with Crippen molar-refractivity contribution < 1.29 is 28.6 Å². The van der Waals surface area contributed by atoms with Crippen LogP contribution >= 0.6 is 0 Å². The van der Waals surface area contributed by atoms with Gasteiger partial charge in [0.15, 0.2) is 0 Å². The normalized spacial score (nSPS) is 16.1. The Morgan fingerprint density at radius 3 is 2.57 bits per heavy atom. The molecule has 2 amide bonds. The third-order valence-corrected chi connectivity index (χ3v) is 4.11. The molecule has 0 saturated carbocycles. The van der Waals surface area contributed by atoms with Crippen molar-refractivity contribution >= 4 is 18.0 Å². The van der Waals surface area contributed by atoms with E-state index < -0.39 is 24.0 Å². The molecule has 0 radical (unpaired) electrons. The lowest BCUT2D eigenvalue weighted by molar-refractivity contribution is -0.143. The van der Waals surface area contributed by atoms with Gasteiger partial charge < -0.3 is 24.8 Å². The van der Waals surface area contributed by atoms with Crippen molar-refractivity contribution in [2.24, 2.45) is 0 Å². The van der Waals surface area contributed by atoms with Crippen molar-refractivity contribution in [2.45, 2.75) is 39.7 Å². The summed E-state index contributed by atoms with van der Waals surface area (Å²) in [7, 11) is 0. The minimum absolute atomic E-state index is 0.147. The summed E-state index contributed by atoms with van der Waals surface area (Å²) in [5.74, 6) is -0.258. The molecule has 1 aliphatic heterocycles. The molecule has 1 heterocycles. The lowest BCUT2D eigenvalue weighted by Gasteiger charge is -2.26. The smallest absolute Gasteiger partial charge is 0.338 e. The maximum atomic E-state index is 12.2. The molecule has 0 spiro atoms. The highest BCUT2D eigenvalue weighted by Crippen LogP contribution is 2.20. The highest BCUT2D eigenvalue weighted by molar-refractivity contribution is 5.94. The van der Waals surface area contributed by atoms with Crippen LogP contribution in [-0.2, 0) is 25.5 Å². The fourth-order valence-corrected chi connectivity index (χ4v) is 2.86. The summed E-state index contributed by atoms with van der Waals surface area (Å²) < 4.78 is 15.8. The lowest BCUT2D eigenvalue weighted by atomic mass is 10.0. The standard InChI is InChI=1S/C20H26N2O6/c1-4-26-16-9-7-6-8-14(16)10-11-17(23)28-12-15-18(19(24)27-5-2)13(3)21-20(25)22-15/h6-9,13H,4-5,10-12H2,1-3H3,(H2,21,22,25)/t13-/m0/s1. The van der Waals surface area contributed by atoms with Gasteiger partial charge in [0.1, 0.15) is 12.4 Å². The maximum Gasteiger partial charge on any atom is 0.338 e. The molecule has 1 aromatic carbocycles. The van der Waals surface area contributed by atoms with Crippen molar-refractivity contribution in [3.8, 4) is 5.75 Å². The monoisotopic (exact) mass is 390 g/mol. The second-order valence-electron chi connectivity index (χ2n) is 6.13. The van der Waals surface area contributed by atoms with E-state index in [-0.39, 0.29) is 30.9 Å². The summed E-state index contributed by atoms with van der Waals surface area (Å²) in [6.45, 7) is 5.79. The molecule has 8 nitrogen and oxygen atoms in total. The van der Waals surface area contributed by atoms with Gasteiger partial charge in [-0.3, -0.25) is 4.79 Å². The van der Waals surface area contributed by atoms with Crippen LogP contribution in [0.25, 0.3) is 0 Å². The quantitative estimate of drug-likeness (QED) is 0.626. The van der Waals surface area contributed by atoms with Crippen LogP contribution < -0.4 is 15.4 Å². The first-order valence-corrected chi connectivity index (χ1v) is 9.30. The lowest BCUT2D eigenvalue weighted by Crippen LogP contribution is -2.50. The maximum absolute atomic E-state index is 12.2. The van der Waals surface area contributed by atoms with Crippen LogP contribution in [0.2, 0.25) is 0 Å². The highest BCUT2D eigenvalue weighted by Gasteiger charge is 2.30. The number of urea groups is 1. The Bertz CT molecular complexity index is 759. The van der Waals surface area contributed by atoms with Gasteiger partial charge in [0, 0.05) is 6.42 Å². The molecule has 0 saturated heterocycles. The summed E-state index contributed by atoms with van der Waals surface area (Å²) in [5.41, 5.74) is 1.39. The molecule has 0 aromatic heterocycles. The van der Waals surface area contributed by atoms with E-state index in [4.69, 9.17) is 14.2 Å². The molecule has 152 valence electrons. The Labute approximate surface area is 164 Å². The number of hydrogen-bond acceptors (Lipinski definition) is 6. The molecule has 1 aliphatic rings. The van der Waals surface area contributed by atoms with Gasteiger partial charge >= 0.3 is 18.0 Å². The number of para-hydroxylation sites is 1. The van der Waals surface area contributed by atoms with Crippen molar-refractivity contribution in [3.05, 3.63) is 41.1 Å². The SMILES string of the molecule is CCOC(=O)C1=C(COC(=O)CCc2ccccc2OCC)NC(=O)N[C@H]1C. The molecule has 2 N–H and O–H groups in total. The van der Waals surface area contributed by atoms with Crippen molar-refractivity contribution in [1.82, 2.24) is 10.6 Å². The zero-order chi connectivity index (χ0) is 20.5. The average molecular weight is 390 g/mol. The summed E-state index contributed by atoms with van der Waals surface area (Å²) in [5, 5.41) is 5.11. The Balaban J connectivity index is 1.99. The fourth-order valence-electron chi connectivity index (χ4n) is 2.86. The molecule has 28 heavy (non-hydrogen) atoms. The van der Waals surface area contributed by atoms with E-state index in [1.807, 2.05) is 31.2 Å². The third kappa shape index (κ3) is 5.73. The van der Waals surface area contributed by atoms with E-state index in [1.165, 1.54) is 0 Å². The molecule has 1 aromatic rings. The fraction of sp³-hybridized carbons (Fsp3) is 0.450.